The zero-order chi connectivity index (χ0) is 24.0. The first-order valence-electron chi connectivity index (χ1n) is 10.8. The Balaban J connectivity index is 1.48. The molecule has 0 spiro atoms. The Labute approximate surface area is 191 Å². The topological polar surface area (TPSA) is 77.6 Å². The summed E-state index contributed by atoms with van der Waals surface area (Å²) in [6, 6.07) is 6.35. The summed E-state index contributed by atoms with van der Waals surface area (Å²) in [5.41, 5.74) is 0.236. The van der Waals surface area contributed by atoms with Gasteiger partial charge in [-0.2, -0.15) is 13.2 Å². The summed E-state index contributed by atoms with van der Waals surface area (Å²) >= 11 is 0. The Morgan fingerprint density at radius 1 is 1.00 bits per heavy atom. The van der Waals surface area contributed by atoms with Crippen LogP contribution in [0.3, 0.4) is 0 Å². The van der Waals surface area contributed by atoms with Gasteiger partial charge in [0, 0.05) is 30.9 Å². The fraction of sp³-hybridized carbons (Fsp3) is 0.304. The third-order valence-corrected chi connectivity index (χ3v) is 6.10. The number of aryl methyl sites for hydroxylation is 1. The van der Waals surface area contributed by atoms with Crippen molar-refractivity contribution in [2.24, 2.45) is 7.05 Å². The van der Waals surface area contributed by atoms with Crippen molar-refractivity contribution in [1.82, 2.24) is 24.1 Å². The molecule has 4 aromatic heterocycles. The fourth-order valence-corrected chi connectivity index (χ4v) is 4.39. The average Bonchev–Trinajstić information content (AvgIpc) is 3.41. The summed E-state index contributed by atoms with van der Waals surface area (Å²) in [4.78, 5) is 24.8. The van der Waals surface area contributed by atoms with Crippen molar-refractivity contribution >= 4 is 22.7 Å². The lowest BCUT2D eigenvalue weighted by Gasteiger charge is -2.12. The molecule has 1 N–H and O–H groups in total. The van der Waals surface area contributed by atoms with Crippen LogP contribution >= 0.6 is 0 Å². The van der Waals surface area contributed by atoms with Gasteiger partial charge in [-0.15, -0.1) is 0 Å². The number of halogens is 4. The maximum atomic E-state index is 14.4. The summed E-state index contributed by atoms with van der Waals surface area (Å²) in [6.07, 6.45) is 1.97. The molecule has 1 saturated carbocycles. The van der Waals surface area contributed by atoms with Gasteiger partial charge in [-0.05, 0) is 37.1 Å². The van der Waals surface area contributed by atoms with E-state index in [0.717, 1.165) is 55.6 Å². The number of nitrogens with zero attached hydrogens (tertiary/aromatic N) is 5. The number of rotatable bonds is 4. The smallest absolute Gasteiger partial charge is 0.325 e. The molecule has 176 valence electrons. The quantitative estimate of drug-likeness (QED) is 0.413. The highest BCUT2D eigenvalue weighted by Crippen LogP contribution is 2.32. The van der Waals surface area contributed by atoms with Gasteiger partial charge in [0.2, 0.25) is 0 Å². The van der Waals surface area contributed by atoms with Crippen LogP contribution in [0.5, 0.6) is 0 Å². The van der Waals surface area contributed by atoms with Gasteiger partial charge in [-0.25, -0.2) is 19.2 Å². The van der Waals surface area contributed by atoms with Gasteiger partial charge >= 0.3 is 11.9 Å². The van der Waals surface area contributed by atoms with Crippen molar-refractivity contribution in [1.29, 1.82) is 0 Å². The van der Waals surface area contributed by atoms with Gasteiger partial charge < -0.3 is 5.32 Å². The van der Waals surface area contributed by atoms with Crippen LogP contribution in [0.15, 0.2) is 47.5 Å². The molecule has 0 radical (unpaired) electrons. The van der Waals surface area contributed by atoms with E-state index >= 15 is 0 Å². The zero-order valence-electron chi connectivity index (χ0n) is 18.1. The van der Waals surface area contributed by atoms with Crippen molar-refractivity contribution in [2.75, 3.05) is 5.32 Å². The van der Waals surface area contributed by atoms with Crippen LogP contribution in [0.2, 0.25) is 0 Å². The standard InChI is InChI=1S/C23H20F4N6O/c1-32-17-12-29-20(10-16(17)33(22(32)34)14-4-2-3-5-14)30-19-9-7-15(24)21(31-19)13-6-8-18(28-11-13)23(25,26)27/h6-12,14H,2-5H2,1H3,(H,29,30,31). The lowest BCUT2D eigenvalue weighted by atomic mass is 10.1. The van der Waals surface area contributed by atoms with E-state index in [1.165, 1.54) is 6.07 Å². The molecule has 1 fully saturated rings. The van der Waals surface area contributed by atoms with E-state index < -0.39 is 17.7 Å². The molecule has 4 aromatic rings. The van der Waals surface area contributed by atoms with Crippen LogP contribution < -0.4 is 11.0 Å². The molecule has 0 bridgehead atoms. The van der Waals surface area contributed by atoms with Crippen molar-refractivity contribution in [3.05, 3.63) is 64.7 Å². The third kappa shape index (κ3) is 3.91. The predicted octanol–water partition coefficient (Wildman–Crippen LogP) is 5.21. The number of aromatic nitrogens is 5. The highest BCUT2D eigenvalue weighted by molar-refractivity contribution is 5.79. The highest BCUT2D eigenvalue weighted by atomic mass is 19.4. The number of hydrogen-bond acceptors (Lipinski definition) is 5. The number of hydrogen-bond donors (Lipinski definition) is 1. The van der Waals surface area contributed by atoms with E-state index in [2.05, 4.69) is 20.3 Å². The van der Waals surface area contributed by atoms with Crippen LogP contribution in [0.1, 0.15) is 37.4 Å². The largest absolute Gasteiger partial charge is 0.433 e. The first kappa shape index (κ1) is 22.1. The first-order valence-corrected chi connectivity index (χ1v) is 10.8. The minimum atomic E-state index is -4.59. The number of anilines is 2. The number of imidazole rings is 1. The monoisotopic (exact) mass is 472 g/mol. The lowest BCUT2D eigenvalue weighted by molar-refractivity contribution is -0.141. The van der Waals surface area contributed by atoms with Crippen LogP contribution in [0, 0.1) is 5.82 Å². The van der Waals surface area contributed by atoms with Crippen LogP contribution in [-0.4, -0.2) is 24.1 Å². The normalized spacial score (nSPS) is 14.7. The fourth-order valence-electron chi connectivity index (χ4n) is 4.39. The predicted molar refractivity (Wildman–Crippen MR) is 118 cm³/mol. The molecule has 4 heterocycles. The highest BCUT2D eigenvalue weighted by Gasteiger charge is 2.32. The van der Waals surface area contributed by atoms with Gasteiger partial charge in [0.15, 0.2) is 0 Å². The molecule has 34 heavy (non-hydrogen) atoms. The van der Waals surface area contributed by atoms with E-state index in [1.807, 2.05) is 0 Å². The molecule has 0 aromatic carbocycles. The molecule has 0 aliphatic heterocycles. The van der Waals surface area contributed by atoms with Gasteiger partial charge in [0.25, 0.3) is 0 Å². The summed E-state index contributed by atoms with van der Waals surface area (Å²) in [7, 11) is 1.71. The van der Waals surface area contributed by atoms with E-state index in [4.69, 9.17) is 0 Å². The second kappa shape index (κ2) is 8.23. The SMILES string of the molecule is Cn1c(=O)n(C2CCCC2)c2cc(Nc3ccc(F)c(-c4ccc(C(F)(F)F)nc4)n3)ncc21. The van der Waals surface area contributed by atoms with Crippen LogP contribution in [0.25, 0.3) is 22.3 Å². The summed E-state index contributed by atoms with van der Waals surface area (Å²) < 4.78 is 56.1. The summed E-state index contributed by atoms with van der Waals surface area (Å²) in [5.74, 6) is -0.0528. The molecule has 0 amide bonds. The molecule has 5 rings (SSSR count). The summed E-state index contributed by atoms with van der Waals surface area (Å²) in [6.45, 7) is 0. The second-order valence-corrected chi connectivity index (χ2v) is 8.29. The van der Waals surface area contributed by atoms with Crippen molar-refractivity contribution < 1.29 is 17.6 Å². The molecular formula is C23H20F4N6O. The molecule has 0 saturated heterocycles. The summed E-state index contributed by atoms with van der Waals surface area (Å²) in [5, 5.41) is 3.00. The third-order valence-electron chi connectivity index (χ3n) is 6.10. The molecule has 1 aliphatic rings. The van der Waals surface area contributed by atoms with Gasteiger partial charge in [0.1, 0.15) is 28.8 Å². The maximum absolute atomic E-state index is 14.4. The van der Waals surface area contributed by atoms with Gasteiger partial charge in [-0.1, -0.05) is 12.8 Å². The van der Waals surface area contributed by atoms with Crippen LogP contribution in [-0.2, 0) is 13.2 Å². The second-order valence-electron chi connectivity index (χ2n) is 8.29. The molecule has 7 nitrogen and oxygen atoms in total. The van der Waals surface area contributed by atoms with E-state index in [1.54, 1.807) is 28.4 Å². The lowest BCUT2D eigenvalue weighted by Crippen LogP contribution is -2.24. The molecule has 11 heteroatoms. The number of alkyl halides is 3. The van der Waals surface area contributed by atoms with Crippen molar-refractivity contribution in [2.45, 2.75) is 37.9 Å². The van der Waals surface area contributed by atoms with E-state index in [-0.39, 0.29) is 28.8 Å². The molecular weight excluding hydrogens is 452 g/mol. The molecule has 0 atom stereocenters. The van der Waals surface area contributed by atoms with Crippen molar-refractivity contribution in [3.8, 4) is 11.3 Å². The van der Waals surface area contributed by atoms with E-state index in [0.29, 0.717) is 11.3 Å². The number of fused-ring (bicyclic) bond motifs is 1. The average molecular weight is 472 g/mol. The maximum Gasteiger partial charge on any atom is 0.433 e. The Kier molecular flexibility index (Phi) is 5.34. The van der Waals surface area contributed by atoms with E-state index in [9.17, 15) is 22.4 Å². The Bertz CT molecular complexity index is 1420. The molecule has 1 aliphatic carbocycles. The minimum absolute atomic E-state index is 0.0992. The van der Waals surface area contributed by atoms with Gasteiger partial charge in [-0.3, -0.25) is 14.1 Å². The molecule has 0 unspecified atom stereocenters. The Morgan fingerprint density at radius 2 is 1.76 bits per heavy atom. The Morgan fingerprint density at radius 3 is 2.44 bits per heavy atom. The number of nitrogens with one attached hydrogen (secondary N) is 1. The minimum Gasteiger partial charge on any atom is -0.325 e. The van der Waals surface area contributed by atoms with Crippen molar-refractivity contribution in [3.63, 3.8) is 0 Å². The zero-order valence-corrected chi connectivity index (χ0v) is 18.1. The Hall–Kier alpha value is -3.76. The first-order chi connectivity index (χ1) is 16.2. The van der Waals surface area contributed by atoms with Crippen LogP contribution in [0.4, 0.5) is 29.2 Å². The van der Waals surface area contributed by atoms with Gasteiger partial charge in [0.05, 0.1) is 17.2 Å². The number of pyridine rings is 3.